The molecular formula is C16H20N4O3S. The molecule has 8 heteroatoms. The van der Waals surface area contributed by atoms with E-state index in [1.165, 1.54) is 11.3 Å². The van der Waals surface area contributed by atoms with Gasteiger partial charge in [0.05, 0.1) is 10.7 Å². The molecule has 2 aromatic rings. The third kappa shape index (κ3) is 5.02. The molecule has 2 amide bonds. The minimum Gasteiger partial charge on any atom is -0.444 e. The summed E-state index contributed by atoms with van der Waals surface area (Å²) in [5.41, 5.74) is 0.401. The maximum atomic E-state index is 12.5. The van der Waals surface area contributed by atoms with Crippen LogP contribution in [0.5, 0.6) is 0 Å². The van der Waals surface area contributed by atoms with E-state index < -0.39 is 17.6 Å². The second kappa shape index (κ2) is 6.96. The number of anilines is 2. The average molecular weight is 348 g/mol. The van der Waals surface area contributed by atoms with E-state index in [0.717, 1.165) is 5.01 Å². The summed E-state index contributed by atoms with van der Waals surface area (Å²) in [7, 11) is 0. The van der Waals surface area contributed by atoms with Gasteiger partial charge in [0.2, 0.25) is 0 Å². The summed E-state index contributed by atoms with van der Waals surface area (Å²) in [6.45, 7) is 8.90. The van der Waals surface area contributed by atoms with Gasteiger partial charge in [-0.05, 0) is 46.8 Å². The first-order valence-electron chi connectivity index (χ1n) is 7.35. The lowest BCUT2D eigenvalue weighted by atomic mass is 10.2. The fourth-order valence-electron chi connectivity index (χ4n) is 1.84. The van der Waals surface area contributed by atoms with Gasteiger partial charge in [0, 0.05) is 11.1 Å². The van der Waals surface area contributed by atoms with Crippen LogP contribution in [0, 0.1) is 13.8 Å². The van der Waals surface area contributed by atoms with Crippen molar-refractivity contribution in [3.05, 3.63) is 33.9 Å². The van der Waals surface area contributed by atoms with E-state index in [2.05, 4.69) is 20.6 Å². The van der Waals surface area contributed by atoms with E-state index in [9.17, 15) is 9.59 Å². The van der Waals surface area contributed by atoms with Crippen LogP contribution in [0.3, 0.4) is 0 Å². The van der Waals surface area contributed by atoms with Crippen LogP contribution in [-0.2, 0) is 4.74 Å². The van der Waals surface area contributed by atoms with Crippen LogP contribution >= 0.6 is 11.3 Å². The van der Waals surface area contributed by atoms with E-state index in [0.29, 0.717) is 11.5 Å². The first-order chi connectivity index (χ1) is 11.1. The number of thiazole rings is 1. The zero-order valence-corrected chi connectivity index (χ0v) is 15.1. The van der Waals surface area contributed by atoms with Crippen molar-refractivity contribution in [2.45, 2.75) is 40.2 Å². The Morgan fingerprint density at radius 2 is 1.83 bits per heavy atom. The fraction of sp³-hybridized carbons (Fsp3) is 0.375. The molecule has 128 valence electrons. The number of rotatable bonds is 3. The van der Waals surface area contributed by atoms with E-state index in [1.807, 2.05) is 6.92 Å². The van der Waals surface area contributed by atoms with Crippen molar-refractivity contribution >= 4 is 34.8 Å². The van der Waals surface area contributed by atoms with E-state index in [-0.39, 0.29) is 11.4 Å². The van der Waals surface area contributed by atoms with Gasteiger partial charge in [-0.2, -0.15) is 0 Å². The number of amides is 2. The number of hydrogen-bond acceptors (Lipinski definition) is 6. The van der Waals surface area contributed by atoms with Gasteiger partial charge >= 0.3 is 6.09 Å². The van der Waals surface area contributed by atoms with Gasteiger partial charge in [-0.3, -0.25) is 10.1 Å². The maximum Gasteiger partial charge on any atom is 0.412 e. The van der Waals surface area contributed by atoms with Crippen LogP contribution < -0.4 is 10.6 Å². The Morgan fingerprint density at radius 1 is 1.12 bits per heavy atom. The molecular weight excluding hydrogens is 328 g/mol. The molecule has 2 N–H and O–H groups in total. The van der Waals surface area contributed by atoms with Gasteiger partial charge in [0.25, 0.3) is 5.91 Å². The Hall–Kier alpha value is -2.48. The Bertz CT molecular complexity index is 765. The van der Waals surface area contributed by atoms with Crippen LogP contribution in [0.15, 0.2) is 17.5 Å². The van der Waals surface area contributed by atoms with Crippen molar-refractivity contribution in [3.8, 4) is 0 Å². The number of aromatic nitrogens is 2. The largest absolute Gasteiger partial charge is 0.444 e. The molecule has 0 unspecified atom stereocenters. The van der Waals surface area contributed by atoms with Crippen molar-refractivity contribution in [2.75, 3.05) is 10.6 Å². The number of carbonyl (C=O) groups is 2. The van der Waals surface area contributed by atoms with Crippen LogP contribution in [0.25, 0.3) is 0 Å². The lowest BCUT2D eigenvalue weighted by Crippen LogP contribution is -2.28. The van der Waals surface area contributed by atoms with Gasteiger partial charge in [-0.25, -0.2) is 14.8 Å². The molecule has 0 aliphatic carbocycles. The topological polar surface area (TPSA) is 93.2 Å². The van der Waals surface area contributed by atoms with Crippen molar-refractivity contribution in [1.82, 2.24) is 9.97 Å². The molecule has 0 aliphatic rings. The molecule has 24 heavy (non-hydrogen) atoms. The average Bonchev–Trinajstić information content (AvgIpc) is 2.84. The van der Waals surface area contributed by atoms with E-state index >= 15 is 0 Å². The highest BCUT2D eigenvalue weighted by Crippen LogP contribution is 2.19. The summed E-state index contributed by atoms with van der Waals surface area (Å²) in [4.78, 5) is 32.8. The summed E-state index contributed by atoms with van der Waals surface area (Å²) in [6, 6.07) is 3.32. The molecule has 0 aromatic carbocycles. The highest BCUT2D eigenvalue weighted by Gasteiger charge is 2.20. The monoisotopic (exact) mass is 348 g/mol. The lowest BCUT2D eigenvalue weighted by Gasteiger charge is -2.20. The summed E-state index contributed by atoms with van der Waals surface area (Å²) in [5, 5.41) is 7.82. The molecule has 0 atom stereocenters. The zero-order valence-electron chi connectivity index (χ0n) is 14.3. The minimum atomic E-state index is -0.647. The third-order valence-electron chi connectivity index (χ3n) is 2.75. The predicted molar refractivity (Wildman–Crippen MR) is 93.6 cm³/mol. The molecule has 0 fully saturated rings. The highest BCUT2D eigenvalue weighted by molar-refractivity contribution is 7.09. The fourth-order valence-corrected chi connectivity index (χ4v) is 2.39. The molecule has 0 saturated carbocycles. The Kier molecular flexibility index (Phi) is 5.18. The molecule has 7 nitrogen and oxygen atoms in total. The van der Waals surface area contributed by atoms with Gasteiger partial charge in [0.1, 0.15) is 11.4 Å². The van der Waals surface area contributed by atoms with E-state index in [1.54, 1.807) is 45.2 Å². The van der Waals surface area contributed by atoms with Crippen LogP contribution in [-0.4, -0.2) is 27.6 Å². The molecule has 2 heterocycles. The van der Waals surface area contributed by atoms with Crippen LogP contribution in [0.1, 0.15) is 42.0 Å². The molecule has 0 saturated heterocycles. The molecule has 0 spiro atoms. The Morgan fingerprint density at radius 3 is 2.42 bits per heavy atom. The normalized spacial score (nSPS) is 11.0. The van der Waals surface area contributed by atoms with Gasteiger partial charge in [0.15, 0.2) is 5.69 Å². The van der Waals surface area contributed by atoms with Gasteiger partial charge < -0.3 is 10.1 Å². The quantitative estimate of drug-likeness (QED) is 0.881. The molecule has 0 radical (unpaired) electrons. The number of aryl methyl sites for hydroxylation is 2. The third-order valence-corrected chi connectivity index (χ3v) is 3.52. The summed E-state index contributed by atoms with van der Waals surface area (Å²) in [5.74, 6) is 0.00378. The standard InChI is InChI=1S/C16H20N4O3S/c1-9-6-7-11(19-15(22)23-16(3,4)5)13(17-9)14(21)20-12-8-24-10(2)18-12/h6-8H,1-5H3,(H,19,22)(H,20,21). The van der Waals surface area contributed by atoms with Crippen molar-refractivity contribution in [3.63, 3.8) is 0 Å². The first kappa shape index (κ1) is 17.9. The second-order valence-electron chi connectivity index (χ2n) is 6.18. The van der Waals surface area contributed by atoms with Crippen LogP contribution in [0.2, 0.25) is 0 Å². The molecule has 2 aromatic heterocycles. The number of nitrogens with one attached hydrogen (secondary N) is 2. The Balaban J connectivity index is 2.20. The molecule has 2 rings (SSSR count). The predicted octanol–water partition coefficient (Wildman–Crippen LogP) is 3.75. The first-order valence-corrected chi connectivity index (χ1v) is 8.23. The summed E-state index contributed by atoms with van der Waals surface area (Å²) >= 11 is 1.43. The van der Waals surface area contributed by atoms with Crippen molar-refractivity contribution in [2.24, 2.45) is 0 Å². The molecule has 0 bridgehead atoms. The van der Waals surface area contributed by atoms with Gasteiger partial charge in [-0.1, -0.05) is 0 Å². The lowest BCUT2D eigenvalue weighted by molar-refractivity contribution is 0.0636. The number of ether oxygens (including phenoxy) is 1. The van der Waals surface area contributed by atoms with Crippen LogP contribution in [0.4, 0.5) is 16.3 Å². The number of pyridine rings is 1. The molecule has 0 aliphatic heterocycles. The number of hydrogen-bond donors (Lipinski definition) is 2. The van der Waals surface area contributed by atoms with Crippen molar-refractivity contribution in [1.29, 1.82) is 0 Å². The maximum absolute atomic E-state index is 12.5. The van der Waals surface area contributed by atoms with Gasteiger partial charge in [-0.15, -0.1) is 11.3 Å². The number of nitrogens with zero attached hydrogens (tertiary/aromatic N) is 2. The zero-order chi connectivity index (χ0) is 17.9. The van der Waals surface area contributed by atoms with E-state index in [4.69, 9.17) is 4.74 Å². The second-order valence-corrected chi connectivity index (χ2v) is 7.24. The Labute approximate surface area is 144 Å². The summed E-state index contributed by atoms with van der Waals surface area (Å²) in [6.07, 6.45) is -0.647. The van der Waals surface area contributed by atoms with Crippen molar-refractivity contribution < 1.29 is 14.3 Å². The summed E-state index contributed by atoms with van der Waals surface area (Å²) < 4.78 is 5.21. The smallest absolute Gasteiger partial charge is 0.412 e. The minimum absolute atomic E-state index is 0.103. The highest BCUT2D eigenvalue weighted by atomic mass is 32.1. The SMILES string of the molecule is Cc1ccc(NC(=O)OC(C)(C)C)c(C(=O)Nc2csc(C)n2)n1. The number of carbonyl (C=O) groups excluding carboxylic acids is 2.